The van der Waals surface area contributed by atoms with Gasteiger partial charge in [-0.2, -0.15) is 5.10 Å². The minimum absolute atomic E-state index is 0.157. The summed E-state index contributed by atoms with van der Waals surface area (Å²) in [4.78, 5) is 15.8. The second-order valence-electron chi connectivity index (χ2n) is 3.99. The molecule has 20 heavy (non-hydrogen) atoms. The van der Waals surface area contributed by atoms with E-state index in [1.54, 1.807) is 12.1 Å². The Balaban J connectivity index is 1.91. The molecule has 1 amide bonds. The van der Waals surface area contributed by atoms with Crippen molar-refractivity contribution in [3.8, 4) is 0 Å². The van der Waals surface area contributed by atoms with Crippen LogP contribution in [0.4, 0.5) is 4.39 Å². The summed E-state index contributed by atoms with van der Waals surface area (Å²) in [5.74, 6) is -0.698. The number of carbonyl (C=O) groups excluding carboxylic acids is 1. The lowest BCUT2D eigenvalue weighted by atomic mass is 10.2. The molecule has 1 aromatic carbocycles. The Labute approximate surface area is 127 Å². The highest BCUT2D eigenvalue weighted by Gasteiger charge is 2.05. The normalized spacial score (nSPS) is 10.9. The third kappa shape index (κ3) is 4.21. The van der Waals surface area contributed by atoms with Crippen LogP contribution in [0.25, 0.3) is 0 Å². The molecule has 0 radical (unpaired) electrons. The van der Waals surface area contributed by atoms with Crippen LogP contribution in [0, 0.1) is 12.7 Å². The molecule has 4 nitrogen and oxygen atoms in total. The Morgan fingerprint density at radius 3 is 3.05 bits per heavy atom. The highest BCUT2D eigenvalue weighted by molar-refractivity contribution is 9.10. The predicted molar refractivity (Wildman–Crippen MR) is 80.4 cm³/mol. The van der Waals surface area contributed by atoms with E-state index in [-0.39, 0.29) is 12.3 Å². The number of thiazole rings is 1. The van der Waals surface area contributed by atoms with Gasteiger partial charge in [-0.3, -0.25) is 4.79 Å². The fourth-order valence-corrected chi connectivity index (χ4v) is 2.42. The molecule has 104 valence electrons. The van der Waals surface area contributed by atoms with Gasteiger partial charge in [0.25, 0.3) is 0 Å². The first-order chi connectivity index (χ1) is 9.54. The van der Waals surface area contributed by atoms with Crippen molar-refractivity contribution in [2.24, 2.45) is 5.10 Å². The maximum Gasteiger partial charge on any atom is 0.246 e. The summed E-state index contributed by atoms with van der Waals surface area (Å²) in [5.41, 5.74) is 3.35. The lowest BCUT2D eigenvalue weighted by Crippen LogP contribution is -2.20. The molecular weight excluding hydrogens is 345 g/mol. The van der Waals surface area contributed by atoms with Gasteiger partial charge >= 0.3 is 0 Å². The van der Waals surface area contributed by atoms with Crippen LogP contribution in [0.15, 0.2) is 33.2 Å². The van der Waals surface area contributed by atoms with Crippen molar-refractivity contribution in [1.29, 1.82) is 0 Å². The molecule has 2 rings (SSSR count). The summed E-state index contributed by atoms with van der Waals surface area (Å²) in [6, 6.07) is 4.60. The lowest BCUT2D eigenvalue weighted by Gasteiger charge is -1.99. The highest BCUT2D eigenvalue weighted by atomic mass is 79.9. The molecule has 0 atom stereocenters. The van der Waals surface area contributed by atoms with Crippen molar-refractivity contribution < 1.29 is 9.18 Å². The second-order valence-corrected chi connectivity index (χ2v) is 5.97. The van der Waals surface area contributed by atoms with E-state index < -0.39 is 5.82 Å². The average Bonchev–Trinajstić information content (AvgIpc) is 2.77. The molecule has 0 fully saturated rings. The van der Waals surface area contributed by atoms with Crippen LogP contribution in [-0.4, -0.2) is 17.1 Å². The largest absolute Gasteiger partial charge is 0.273 e. The zero-order valence-electron chi connectivity index (χ0n) is 10.6. The zero-order chi connectivity index (χ0) is 14.5. The first-order valence-corrected chi connectivity index (χ1v) is 7.40. The molecule has 0 aliphatic heterocycles. The number of amides is 1. The summed E-state index contributed by atoms with van der Waals surface area (Å²) >= 11 is 4.65. The van der Waals surface area contributed by atoms with Gasteiger partial charge in [-0.15, -0.1) is 11.3 Å². The number of rotatable bonds is 4. The van der Waals surface area contributed by atoms with Crippen molar-refractivity contribution in [1.82, 2.24) is 10.4 Å². The predicted octanol–water partition coefficient (Wildman–Crippen LogP) is 3.05. The SMILES string of the molecule is Cc1nc(CC(=O)N/N=C\c2ccc(Br)cc2F)cs1. The Morgan fingerprint density at radius 1 is 1.60 bits per heavy atom. The standard InChI is InChI=1S/C13H11BrFN3OS/c1-8-17-11(7-20-8)5-13(19)18-16-6-9-2-3-10(14)4-12(9)15/h2-4,6-7H,5H2,1H3,(H,18,19)/b16-6-. The van der Waals surface area contributed by atoms with Crippen LogP contribution >= 0.6 is 27.3 Å². The van der Waals surface area contributed by atoms with E-state index in [4.69, 9.17) is 0 Å². The molecule has 0 aliphatic rings. The fraction of sp³-hybridized carbons (Fsp3) is 0.154. The maximum atomic E-state index is 13.5. The van der Waals surface area contributed by atoms with Gasteiger partial charge < -0.3 is 0 Å². The molecule has 1 N–H and O–H groups in total. The molecule has 7 heteroatoms. The van der Waals surface area contributed by atoms with Crippen molar-refractivity contribution in [2.45, 2.75) is 13.3 Å². The van der Waals surface area contributed by atoms with Gasteiger partial charge in [-0.1, -0.05) is 15.9 Å². The van der Waals surface area contributed by atoms with Gasteiger partial charge in [0.1, 0.15) is 5.82 Å². The van der Waals surface area contributed by atoms with Gasteiger partial charge in [-0.25, -0.2) is 14.8 Å². The van der Waals surface area contributed by atoms with E-state index in [1.165, 1.54) is 23.6 Å². The van der Waals surface area contributed by atoms with Gasteiger partial charge in [-0.05, 0) is 25.1 Å². The number of halogens is 2. The monoisotopic (exact) mass is 355 g/mol. The molecule has 1 heterocycles. The zero-order valence-corrected chi connectivity index (χ0v) is 13.0. The third-order valence-electron chi connectivity index (χ3n) is 2.36. The van der Waals surface area contributed by atoms with E-state index in [2.05, 4.69) is 31.4 Å². The van der Waals surface area contributed by atoms with Gasteiger partial charge in [0.15, 0.2) is 0 Å². The first-order valence-electron chi connectivity index (χ1n) is 5.72. The minimum Gasteiger partial charge on any atom is -0.273 e. The van der Waals surface area contributed by atoms with E-state index in [0.717, 1.165) is 5.01 Å². The van der Waals surface area contributed by atoms with Gasteiger partial charge in [0, 0.05) is 15.4 Å². The molecule has 0 saturated heterocycles. The number of nitrogens with zero attached hydrogens (tertiary/aromatic N) is 2. The Hall–Kier alpha value is -1.60. The quantitative estimate of drug-likeness (QED) is 0.676. The first kappa shape index (κ1) is 14.8. The number of nitrogens with one attached hydrogen (secondary N) is 1. The van der Waals surface area contributed by atoms with Gasteiger partial charge in [0.05, 0.1) is 23.3 Å². The number of aromatic nitrogens is 1. The van der Waals surface area contributed by atoms with Crippen LogP contribution in [0.1, 0.15) is 16.3 Å². The third-order valence-corrected chi connectivity index (χ3v) is 3.68. The lowest BCUT2D eigenvalue weighted by molar-refractivity contribution is -0.120. The molecule has 0 saturated carbocycles. The number of hydrazone groups is 1. The molecule has 1 aromatic heterocycles. The highest BCUT2D eigenvalue weighted by Crippen LogP contribution is 2.13. The van der Waals surface area contributed by atoms with Crippen molar-refractivity contribution in [2.75, 3.05) is 0 Å². The van der Waals surface area contributed by atoms with Crippen LogP contribution in [0.3, 0.4) is 0 Å². The number of benzene rings is 1. The minimum atomic E-state index is -0.410. The summed E-state index contributed by atoms with van der Waals surface area (Å²) in [6.45, 7) is 1.88. The Bertz CT molecular complexity index is 657. The van der Waals surface area contributed by atoms with Crippen LogP contribution in [0.5, 0.6) is 0 Å². The van der Waals surface area contributed by atoms with E-state index in [9.17, 15) is 9.18 Å². The molecule has 2 aromatic rings. The van der Waals surface area contributed by atoms with E-state index in [0.29, 0.717) is 15.7 Å². The molecule has 0 aliphatic carbocycles. The number of aryl methyl sites for hydroxylation is 1. The second kappa shape index (κ2) is 6.71. The van der Waals surface area contributed by atoms with Crippen LogP contribution in [-0.2, 0) is 11.2 Å². The number of carbonyl (C=O) groups is 1. The maximum absolute atomic E-state index is 13.5. The molecule has 0 bridgehead atoms. The topological polar surface area (TPSA) is 54.4 Å². The molecular formula is C13H11BrFN3OS. The van der Waals surface area contributed by atoms with Crippen molar-refractivity contribution >= 4 is 39.4 Å². The summed E-state index contributed by atoms with van der Waals surface area (Å²) in [5, 5.41) is 6.47. The fourth-order valence-electron chi connectivity index (χ4n) is 1.47. The van der Waals surface area contributed by atoms with Crippen LogP contribution in [0.2, 0.25) is 0 Å². The Morgan fingerprint density at radius 2 is 2.40 bits per heavy atom. The molecule has 0 spiro atoms. The van der Waals surface area contributed by atoms with Crippen LogP contribution < -0.4 is 5.43 Å². The number of hydrogen-bond donors (Lipinski definition) is 1. The average molecular weight is 356 g/mol. The summed E-state index contributed by atoms with van der Waals surface area (Å²) in [6.07, 6.45) is 1.43. The number of hydrogen-bond acceptors (Lipinski definition) is 4. The van der Waals surface area contributed by atoms with E-state index in [1.807, 2.05) is 12.3 Å². The van der Waals surface area contributed by atoms with E-state index >= 15 is 0 Å². The Kier molecular flexibility index (Phi) is 4.97. The smallest absolute Gasteiger partial charge is 0.246 e. The molecule has 0 unspecified atom stereocenters. The van der Waals surface area contributed by atoms with Crippen molar-refractivity contribution in [3.05, 3.63) is 50.1 Å². The summed E-state index contributed by atoms with van der Waals surface area (Å²) in [7, 11) is 0. The van der Waals surface area contributed by atoms with Gasteiger partial charge in [0.2, 0.25) is 5.91 Å². The summed E-state index contributed by atoms with van der Waals surface area (Å²) < 4.78 is 14.1. The van der Waals surface area contributed by atoms with Crippen molar-refractivity contribution in [3.63, 3.8) is 0 Å².